The smallest absolute Gasteiger partial charge is 0.438 e. The molecule has 0 radical (unpaired) electrons. The Morgan fingerprint density at radius 1 is 0.972 bits per heavy atom. The van der Waals surface area contributed by atoms with Gasteiger partial charge in [0, 0.05) is 36.8 Å². The number of aryl methyl sites for hydroxylation is 1. The van der Waals surface area contributed by atoms with Gasteiger partial charge in [-0.2, -0.15) is 0 Å². The van der Waals surface area contributed by atoms with Gasteiger partial charge in [0.05, 0.1) is 11.3 Å². The third-order valence-electron chi connectivity index (χ3n) is 4.91. The van der Waals surface area contributed by atoms with Gasteiger partial charge in [0.2, 0.25) is 11.8 Å². The molecule has 0 aliphatic carbocycles. The van der Waals surface area contributed by atoms with E-state index in [1.54, 1.807) is 55.8 Å². The van der Waals surface area contributed by atoms with Crippen molar-refractivity contribution >= 4 is 17.5 Å². The minimum atomic E-state index is -4.86. The first-order valence-electron chi connectivity index (χ1n) is 10.6. The van der Waals surface area contributed by atoms with Gasteiger partial charge in [0.1, 0.15) is 11.5 Å². The maximum atomic E-state index is 12.7. The van der Waals surface area contributed by atoms with Gasteiger partial charge in [-0.05, 0) is 55.0 Å². The molecule has 1 amide bonds. The number of benzene rings is 2. The number of halogens is 3. The number of hydrogen-bond acceptors (Lipinski definition) is 7. The number of pyridine rings is 1. The van der Waals surface area contributed by atoms with Crippen molar-refractivity contribution in [3.05, 3.63) is 84.2 Å². The minimum Gasteiger partial charge on any atom is -0.438 e. The Morgan fingerprint density at radius 2 is 1.81 bits per heavy atom. The molecule has 0 spiro atoms. The number of anilines is 2. The van der Waals surface area contributed by atoms with Crippen LogP contribution in [-0.4, -0.2) is 34.3 Å². The van der Waals surface area contributed by atoms with Crippen LogP contribution in [0.15, 0.2) is 73.1 Å². The topological polar surface area (TPSA) is 98.3 Å². The molecule has 0 saturated carbocycles. The monoisotopic (exact) mass is 495 g/mol. The van der Waals surface area contributed by atoms with Crippen molar-refractivity contribution in [3.8, 4) is 28.6 Å². The fraction of sp³-hybridized carbons (Fsp3) is 0.120. The van der Waals surface area contributed by atoms with Gasteiger partial charge in [-0.3, -0.25) is 4.79 Å². The molecule has 0 unspecified atom stereocenters. The predicted molar refractivity (Wildman–Crippen MR) is 127 cm³/mol. The molecule has 0 aliphatic heterocycles. The van der Waals surface area contributed by atoms with Crippen LogP contribution < -0.4 is 20.1 Å². The molecule has 0 fully saturated rings. The van der Waals surface area contributed by atoms with Crippen molar-refractivity contribution in [1.82, 2.24) is 15.0 Å². The second-order valence-corrected chi connectivity index (χ2v) is 7.48. The first-order chi connectivity index (χ1) is 17.2. The van der Waals surface area contributed by atoms with Crippen LogP contribution in [0.2, 0.25) is 0 Å². The number of carbonyl (C=O) groups excluding carboxylic acids is 1. The summed E-state index contributed by atoms with van der Waals surface area (Å²) in [5.41, 5.74) is 2.37. The molecule has 4 aromatic rings. The van der Waals surface area contributed by atoms with E-state index in [-0.39, 0.29) is 5.56 Å². The lowest BCUT2D eigenvalue weighted by molar-refractivity contribution is -0.274. The average Bonchev–Trinajstić information content (AvgIpc) is 2.85. The largest absolute Gasteiger partial charge is 0.573 e. The van der Waals surface area contributed by atoms with Crippen LogP contribution in [0.4, 0.5) is 24.8 Å². The molecule has 0 saturated heterocycles. The molecular weight excluding hydrogens is 475 g/mol. The molecule has 0 atom stereocenters. The number of alkyl halides is 3. The van der Waals surface area contributed by atoms with Gasteiger partial charge < -0.3 is 20.1 Å². The van der Waals surface area contributed by atoms with E-state index in [4.69, 9.17) is 4.74 Å². The van der Waals surface area contributed by atoms with Gasteiger partial charge in [-0.1, -0.05) is 12.1 Å². The fourth-order valence-electron chi connectivity index (χ4n) is 3.23. The molecular formula is C25H20F3N5O3. The van der Waals surface area contributed by atoms with Crippen LogP contribution in [0, 0.1) is 6.92 Å². The van der Waals surface area contributed by atoms with E-state index < -0.39 is 18.0 Å². The Bertz CT molecular complexity index is 1400. The molecule has 2 aromatic heterocycles. The van der Waals surface area contributed by atoms with Gasteiger partial charge in [-0.15, -0.1) is 13.2 Å². The lowest BCUT2D eigenvalue weighted by Gasteiger charge is -2.14. The van der Waals surface area contributed by atoms with Crippen LogP contribution >= 0.6 is 0 Å². The Labute approximate surface area is 204 Å². The number of aromatic nitrogens is 3. The Balaban J connectivity index is 1.56. The fourth-order valence-corrected chi connectivity index (χ4v) is 3.23. The molecule has 0 bridgehead atoms. The summed E-state index contributed by atoms with van der Waals surface area (Å²) in [5.74, 6) is 0.0490. The first kappa shape index (κ1) is 24.5. The van der Waals surface area contributed by atoms with Crippen LogP contribution in [-0.2, 0) is 0 Å². The highest BCUT2D eigenvalue weighted by Gasteiger charge is 2.31. The Morgan fingerprint density at radius 3 is 2.58 bits per heavy atom. The van der Waals surface area contributed by atoms with Gasteiger partial charge in [0.15, 0.2) is 0 Å². The second-order valence-electron chi connectivity index (χ2n) is 7.48. The van der Waals surface area contributed by atoms with Crippen LogP contribution in [0.1, 0.15) is 15.9 Å². The van der Waals surface area contributed by atoms with E-state index >= 15 is 0 Å². The predicted octanol–water partition coefficient (Wildman–Crippen LogP) is 5.83. The number of rotatable bonds is 7. The minimum absolute atomic E-state index is 0.00379. The lowest BCUT2D eigenvalue weighted by Crippen LogP contribution is -2.18. The van der Waals surface area contributed by atoms with Crippen molar-refractivity contribution in [2.75, 3.05) is 17.7 Å². The SMILES string of the molecule is CNc1nccc(-c2cccnc2Oc2cc(NC(=O)c3cccc(OC(F)(F)F)c3)ccc2C)n1. The van der Waals surface area contributed by atoms with E-state index in [0.717, 1.165) is 17.7 Å². The summed E-state index contributed by atoms with van der Waals surface area (Å²) in [6.07, 6.45) is -1.67. The first-order valence-corrected chi connectivity index (χ1v) is 10.6. The third-order valence-corrected chi connectivity index (χ3v) is 4.91. The summed E-state index contributed by atoms with van der Waals surface area (Å²) in [7, 11) is 1.71. The van der Waals surface area contributed by atoms with Crippen molar-refractivity contribution in [3.63, 3.8) is 0 Å². The van der Waals surface area contributed by atoms with Crippen LogP contribution in [0.5, 0.6) is 17.4 Å². The zero-order valence-electron chi connectivity index (χ0n) is 19.1. The number of hydrogen-bond donors (Lipinski definition) is 2. The molecule has 36 heavy (non-hydrogen) atoms. The molecule has 2 heterocycles. The number of carbonyl (C=O) groups is 1. The van der Waals surface area contributed by atoms with Gasteiger partial charge in [0.25, 0.3) is 5.91 Å². The number of ether oxygens (including phenoxy) is 2. The molecule has 2 N–H and O–H groups in total. The molecule has 0 aliphatic rings. The van der Waals surface area contributed by atoms with E-state index in [1.807, 2.05) is 6.92 Å². The quantitative estimate of drug-likeness (QED) is 0.333. The van der Waals surface area contributed by atoms with Crippen LogP contribution in [0.3, 0.4) is 0 Å². The van der Waals surface area contributed by atoms with E-state index in [9.17, 15) is 18.0 Å². The average molecular weight is 495 g/mol. The summed E-state index contributed by atoms with van der Waals surface area (Å²) in [6.45, 7) is 1.82. The Hall–Kier alpha value is -4.67. The number of nitrogens with zero attached hydrogens (tertiary/aromatic N) is 3. The molecule has 2 aromatic carbocycles. The van der Waals surface area contributed by atoms with Crippen molar-refractivity contribution < 1.29 is 27.4 Å². The highest BCUT2D eigenvalue weighted by Crippen LogP contribution is 2.33. The molecule has 8 nitrogen and oxygen atoms in total. The van der Waals surface area contributed by atoms with Gasteiger partial charge in [-0.25, -0.2) is 15.0 Å². The maximum absolute atomic E-state index is 12.7. The third kappa shape index (κ3) is 6.06. The summed E-state index contributed by atoms with van der Waals surface area (Å²) in [5, 5.41) is 5.54. The molecule has 184 valence electrons. The zero-order chi connectivity index (χ0) is 25.7. The van der Waals surface area contributed by atoms with Crippen molar-refractivity contribution in [2.45, 2.75) is 13.3 Å². The van der Waals surface area contributed by atoms with E-state index in [0.29, 0.717) is 34.5 Å². The number of nitrogens with one attached hydrogen (secondary N) is 2. The van der Waals surface area contributed by atoms with Crippen molar-refractivity contribution in [1.29, 1.82) is 0 Å². The number of amides is 1. The normalized spacial score (nSPS) is 11.0. The van der Waals surface area contributed by atoms with E-state index in [2.05, 4.69) is 30.3 Å². The second kappa shape index (κ2) is 10.3. The van der Waals surface area contributed by atoms with E-state index in [1.165, 1.54) is 12.1 Å². The Kier molecular flexibility index (Phi) is 7.00. The molecule has 4 rings (SSSR count). The summed E-state index contributed by atoms with van der Waals surface area (Å²) in [6, 6.07) is 15.1. The highest BCUT2D eigenvalue weighted by atomic mass is 19.4. The summed E-state index contributed by atoms with van der Waals surface area (Å²) >= 11 is 0. The standard InChI is InChI=1S/C25H20F3N5O3/c1-15-8-9-17(32-22(34)16-5-3-6-18(13-16)36-25(26,27)28)14-21(15)35-23-19(7-4-11-30-23)20-10-12-31-24(29-2)33-20/h3-14H,1-2H3,(H,32,34)(H,29,31,33). The summed E-state index contributed by atoms with van der Waals surface area (Å²) < 4.78 is 47.5. The zero-order valence-corrected chi connectivity index (χ0v) is 19.1. The van der Waals surface area contributed by atoms with Crippen molar-refractivity contribution in [2.24, 2.45) is 0 Å². The molecule has 11 heteroatoms. The van der Waals surface area contributed by atoms with Crippen LogP contribution in [0.25, 0.3) is 11.3 Å². The highest BCUT2D eigenvalue weighted by molar-refractivity contribution is 6.04. The maximum Gasteiger partial charge on any atom is 0.573 e. The summed E-state index contributed by atoms with van der Waals surface area (Å²) in [4.78, 5) is 25.5. The lowest BCUT2D eigenvalue weighted by atomic mass is 10.1. The van der Waals surface area contributed by atoms with Gasteiger partial charge >= 0.3 is 6.36 Å².